The van der Waals surface area contributed by atoms with E-state index in [2.05, 4.69) is 51.5 Å². The molecular formula is C22H39N5O2. The van der Waals surface area contributed by atoms with Crippen LogP contribution in [-0.4, -0.2) is 89.4 Å². The molecule has 0 radical (unpaired) electrons. The Hall–Kier alpha value is -1.83. The van der Waals surface area contributed by atoms with Crippen LogP contribution in [0.25, 0.3) is 0 Å². The first-order chi connectivity index (χ1) is 14.2. The van der Waals surface area contributed by atoms with Gasteiger partial charge in [0.1, 0.15) is 5.75 Å². The van der Waals surface area contributed by atoms with Gasteiger partial charge in [0.25, 0.3) is 0 Å². The standard InChI is InChI=1S/C22H39N5O2/c1-5-6-12-26(3)13-11-24-22(23-2)25-18-21(27-14-16-29-17-15-27)19-7-9-20(28-4)10-8-19/h7-10,21H,5-6,11-18H2,1-4H3,(H2,23,24,25). The summed E-state index contributed by atoms with van der Waals surface area (Å²) in [4.78, 5) is 9.23. The summed E-state index contributed by atoms with van der Waals surface area (Å²) in [7, 11) is 5.70. The van der Waals surface area contributed by atoms with Gasteiger partial charge in [0.2, 0.25) is 0 Å². The second kappa shape index (κ2) is 13.4. The number of morpholine rings is 1. The van der Waals surface area contributed by atoms with Gasteiger partial charge < -0.3 is 25.0 Å². The Morgan fingerprint density at radius 2 is 1.93 bits per heavy atom. The zero-order chi connectivity index (χ0) is 20.9. The number of hydrogen-bond donors (Lipinski definition) is 2. The van der Waals surface area contributed by atoms with E-state index < -0.39 is 0 Å². The lowest BCUT2D eigenvalue weighted by Crippen LogP contribution is -2.47. The quantitative estimate of drug-likeness (QED) is 0.434. The van der Waals surface area contributed by atoms with E-state index in [1.807, 2.05) is 19.2 Å². The van der Waals surface area contributed by atoms with Gasteiger partial charge in [-0.3, -0.25) is 9.89 Å². The van der Waals surface area contributed by atoms with Gasteiger partial charge in [-0.25, -0.2) is 0 Å². The summed E-state index contributed by atoms with van der Waals surface area (Å²) in [5, 5.41) is 6.96. The fraction of sp³-hybridized carbons (Fsp3) is 0.682. The Labute approximate surface area is 176 Å². The molecule has 0 bridgehead atoms. The Kier molecular flexibility index (Phi) is 10.8. The third kappa shape index (κ3) is 8.20. The summed E-state index contributed by atoms with van der Waals surface area (Å²) < 4.78 is 10.9. The van der Waals surface area contributed by atoms with Crippen molar-refractivity contribution in [3.63, 3.8) is 0 Å². The third-order valence-electron chi connectivity index (χ3n) is 5.35. The van der Waals surface area contributed by atoms with Crippen molar-refractivity contribution >= 4 is 5.96 Å². The molecule has 0 aliphatic carbocycles. The van der Waals surface area contributed by atoms with Crippen molar-refractivity contribution in [2.75, 3.05) is 73.7 Å². The molecule has 1 fully saturated rings. The molecule has 29 heavy (non-hydrogen) atoms. The summed E-state index contributed by atoms with van der Waals surface area (Å²) in [5.41, 5.74) is 1.27. The molecule has 0 spiro atoms. The van der Waals surface area contributed by atoms with E-state index in [9.17, 15) is 0 Å². The van der Waals surface area contributed by atoms with Crippen LogP contribution in [0.3, 0.4) is 0 Å². The van der Waals surface area contributed by atoms with Gasteiger partial charge in [-0.05, 0) is 37.7 Å². The lowest BCUT2D eigenvalue weighted by Gasteiger charge is -2.35. The molecular weight excluding hydrogens is 366 g/mol. The second-order valence-electron chi connectivity index (χ2n) is 7.47. The number of ether oxygens (including phenoxy) is 2. The summed E-state index contributed by atoms with van der Waals surface area (Å²) in [6.07, 6.45) is 2.47. The van der Waals surface area contributed by atoms with Crippen molar-refractivity contribution in [2.24, 2.45) is 4.99 Å². The maximum absolute atomic E-state index is 5.55. The zero-order valence-corrected chi connectivity index (χ0v) is 18.6. The highest BCUT2D eigenvalue weighted by atomic mass is 16.5. The van der Waals surface area contributed by atoms with Crippen LogP contribution in [0.4, 0.5) is 0 Å². The van der Waals surface area contributed by atoms with Gasteiger partial charge in [-0.15, -0.1) is 0 Å². The molecule has 2 N–H and O–H groups in total. The SMILES string of the molecule is CCCCN(C)CCNC(=NC)NCC(c1ccc(OC)cc1)N1CCOCC1. The third-order valence-corrected chi connectivity index (χ3v) is 5.35. The van der Waals surface area contributed by atoms with E-state index in [1.54, 1.807) is 7.11 Å². The number of aliphatic imine (C=N–C) groups is 1. The Bertz CT molecular complexity index is 587. The van der Waals surface area contributed by atoms with Crippen LogP contribution in [-0.2, 0) is 4.74 Å². The lowest BCUT2D eigenvalue weighted by atomic mass is 10.0. The van der Waals surface area contributed by atoms with Gasteiger partial charge in [0.15, 0.2) is 5.96 Å². The molecule has 2 rings (SSSR count). The Morgan fingerprint density at radius 1 is 1.21 bits per heavy atom. The first-order valence-corrected chi connectivity index (χ1v) is 10.8. The van der Waals surface area contributed by atoms with Crippen LogP contribution in [0.2, 0.25) is 0 Å². The topological polar surface area (TPSA) is 61.4 Å². The average Bonchev–Trinajstić information content (AvgIpc) is 2.77. The largest absolute Gasteiger partial charge is 0.497 e. The first-order valence-electron chi connectivity index (χ1n) is 10.8. The van der Waals surface area contributed by atoms with Gasteiger partial charge in [0.05, 0.1) is 26.4 Å². The molecule has 0 amide bonds. The highest BCUT2D eigenvalue weighted by Crippen LogP contribution is 2.23. The molecule has 0 aromatic heterocycles. The molecule has 1 aliphatic heterocycles. The summed E-state index contributed by atoms with van der Waals surface area (Å²) >= 11 is 0. The van der Waals surface area contributed by atoms with E-state index in [-0.39, 0.29) is 6.04 Å². The van der Waals surface area contributed by atoms with Crippen molar-refractivity contribution in [1.29, 1.82) is 0 Å². The molecule has 1 aromatic carbocycles. The van der Waals surface area contributed by atoms with E-state index >= 15 is 0 Å². The zero-order valence-electron chi connectivity index (χ0n) is 18.6. The smallest absolute Gasteiger partial charge is 0.191 e. The van der Waals surface area contributed by atoms with Crippen LogP contribution in [0.5, 0.6) is 5.75 Å². The number of benzene rings is 1. The molecule has 1 saturated heterocycles. The molecule has 7 nitrogen and oxygen atoms in total. The molecule has 1 atom stereocenters. The van der Waals surface area contributed by atoms with Crippen LogP contribution in [0.15, 0.2) is 29.3 Å². The van der Waals surface area contributed by atoms with Crippen LogP contribution in [0.1, 0.15) is 31.4 Å². The van der Waals surface area contributed by atoms with E-state index in [4.69, 9.17) is 9.47 Å². The van der Waals surface area contributed by atoms with Gasteiger partial charge in [-0.1, -0.05) is 25.5 Å². The van der Waals surface area contributed by atoms with Crippen LogP contribution < -0.4 is 15.4 Å². The average molecular weight is 406 g/mol. The van der Waals surface area contributed by atoms with E-state index in [1.165, 1.54) is 18.4 Å². The number of likely N-dealkylation sites (N-methyl/N-ethyl adjacent to an activating group) is 1. The highest BCUT2D eigenvalue weighted by molar-refractivity contribution is 5.79. The molecule has 7 heteroatoms. The summed E-state index contributed by atoms with van der Waals surface area (Å²) in [6, 6.07) is 8.62. The number of guanidine groups is 1. The number of rotatable bonds is 11. The molecule has 0 saturated carbocycles. The highest BCUT2D eigenvalue weighted by Gasteiger charge is 2.23. The van der Waals surface area contributed by atoms with E-state index in [0.717, 1.165) is 64.2 Å². The monoisotopic (exact) mass is 405 g/mol. The lowest BCUT2D eigenvalue weighted by molar-refractivity contribution is 0.0170. The fourth-order valence-corrected chi connectivity index (χ4v) is 3.49. The molecule has 1 heterocycles. The first kappa shape index (κ1) is 23.4. The van der Waals surface area contributed by atoms with Crippen molar-refractivity contribution < 1.29 is 9.47 Å². The van der Waals surface area contributed by atoms with Crippen LogP contribution >= 0.6 is 0 Å². The van der Waals surface area contributed by atoms with Gasteiger partial charge in [0, 0.05) is 39.8 Å². The summed E-state index contributed by atoms with van der Waals surface area (Å²) in [6.45, 7) is 9.48. The minimum atomic E-state index is 0.260. The number of nitrogens with zero attached hydrogens (tertiary/aromatic N) is 3. The molecule has 164 valence electrons. The number of hydrogen-bond acceptors (Lipinski definition) is 5. The number of nitrogens with one attached hydrogen (secondary N) is 2. The molecule has 1 aromatic rings. The normalized spacial score (nSPS) is 16.7. The Morgan fingerprint density at radius 3 is 2.55 bits per heavy atom. The van der Waals surface area contributed by atoms with E-state index in [0.29, 0.717) is 0 Å². The predicted octanol–water partition coefficient (Wildman–Crippen LogP) is 1.97. The molecule has 1 aliphatic rings. The van der Waals surface area contributed by atoms with Crippen molar-refractivity contribution in [2.45, 2.75) is 25.8 Å². The summed E-state index contributed by atoms with van der Waals surface area (Å²) in [5.74, 6) is 1.73. The van der Waals surface area contributed by atoms with Crippen molar-refractivity contribution in [1.82, 2.24) is 20.4 Å². The van der Waals surface area contributed by atoms with Crippen molar-refractivity contribution in [3.8, 4) is 5.75 Å². The Balaban J connectivity index is 1.91. The fourth-order valence-electron chi connectivity index (χ4n) is 3.49. The van der Waals surface area contributed by atoms with Gasteiger partial charge >= 0.3 is 0 Å². The minimum absolute atomic E-state index is 0.260. The number of unbranched alkanes of at least 4 members (excludes halogenated alkanes) is 1. The predicted molar refractivity (Wildman–Crippen MR) is 120 cm³/mol. The minimum Gasteiger partial charge on any atom is -0.497 e. The second-order valence-corrected chi connectivity index (χ2v) is 7.47. The van der Waals surface area contributed by atoms with Crippen LogP contribution in [0, 0.1) is 0 Å². The maximum atomic E-state index is 5.55. The van der Waals surface area contributed by atoms with Crippen molar-refractivity contribution in [3.05, 3.63) is 29.8 Å². The van der Waals surface area contributed by atoms with Gasteiger partial charge in [-0.2, -0.15) is 0 Å². The number of methoxy groups -OCH3 is 1. The molecule has 1 unspecified atom stereocenters. The maximum Gasteiger partial charge on any atom is 0.191 e.